The molecule has 19 heavy (non-hydrogen) atoms. The predicted molar refractivity (Wildman–Crippen MR) is 79.7 cm³/mol. The summed E-state index contributed by atoms with van der Waals surface area (Å²) in [5.41, 5.74) is 6.98. The maximum absolute atomic E-state index is 6.28. The SMILES string of the molecule is CCN(CC)c1ncnc(N2CCN(C)CC2)c1N. The molecule has 1 aliphatic rings. The number of hydrogen-bond donors (Lipinski definition) is 1. The van der Waals surface area contributed by atoms with Crippen LogP contribution in [0, 0.1) is 0 Å². The lowest BCUT2D eigenvalue weighted by Crippen LogP contribution is -2.45. The fourth-order valence-corrected chi connectivity index (χ4v) is 2.42. The zero-order valence-electron chi connectivity index (χ0n) is 12.1. The maximum Gasteiger partial charge on any atom is 0.157 e. The third-order valence-corrected chi connectivity index (χ3v) is 3.71. The van der Waals surface area contributed by atoms with Crippen LogP contribution in [0.25, 0.3) is 0 Å². The lowest BCUT2D eigenvalue weighted by atomic mass is 10.3. The number of likely N-dealkylation sites (N-methyl/N-ethyl adjacent to an activating group) is 1. The van der Waals surface area contributed by atoms with Gasteiger partial charge in [-0.25, -0.2) is 9.97 Å². The average molecular weight is 264 g/mol. The van der Waals surface area contributed by atoms with Gasteiger partial charge in [0.15, 0.2) is 11.6 Å². The smallest absolute Gasteiger partial charge is 0.157 e. The summed E-state index contributed by atoms with van der Waals surface area (Å²) in [5.74, 6) is 1.74. The van der Waals surface area contributed by atoms with Gasteiger partial charge in [-0.2, -0.15) is 0 Å². The number of nitrogen functional groups attached to an aromatic ring is 1. The fourth-order valence-electron chi connectivity index (χ4n) is 2.42. The Balaban J connectivity index is 2.24. The highest BCUT2D eigenvalue weighted by molar-refractivity contribution is 5.75. The number of rotatable bonds is 4. The van der Waals surface area contributed by atoms with E-state index < -0.39 is 0 Å². The molecule has 6 heteroatoms. The van der Waals surface area contributed by atoms with Crippen LogP contribution in [0.4, 0.5) is 17.3 Å². The molecule has 0 aromatic carbocycles. The monoisotopic (exact) mass is 264 g/mol. The molecule has 0 amide bonds. The Morgan fingerprint density at radius 2 is 1.79 bits per heavy atom. The topological polar surface area (TPSA) is 61.5 Å². The number of hydrogen-bond acceptors (Lipinski definition) is 6. The summed E-state index contributed by atoms with van der Waals surface area (Å²) in [6, 6.07) is 0. The summed E-state index contributed by atoms with van der Waals surface area (Å²) in [5, 5.41) is 0. The summed E-state index contributed by atoms with van der Waals surface area (Å²) in [6.45, 7) is 10.1. The highest BCUT2D eigenvalue weighted by atomic mass is 15.3. The molecule has 0 spiro atoms. The van der Waals surface area contributed by atoms with E-state index in [9.17, 15) is 0 Å². The van der Waals surface area contributed by atoms with Gasteiger partial charge in [0.2, 0.25) is 0 Å². The van der Waals surface area contributed by atoms with E-state index in [1.807, 2.05) is 0 Å². The second kappa shape index (κ2) is 6.06. The van der Waals surface area contributed by atoms with Crippen LogP contribution < -0.4 is 15.5 Å². The van der Waals surface area contributed by atoms with Gasteiger partial charge in [0.05, 0.1) is 0 Å². The maximum atomic E-state index is 6.28. The normalized spacial score (nSPS) is 16.7. The van der Waals surface area contributed by atoms with Gasteiger partial charge >= 0.3 is 0 Å². The van der Waals surface area contributed by atoms with Crippen molar-refractivity contribution < 1.29 is 0 Å². The van der Waals surface area contributed by atoms with E-state index in [4.69, 9.17) is 5.73 Å². The molecule has 106 valence electrons. The first kappa shape index (κ1) is 13.9. The Morgan fingerprint density at radius 1 is 1.16 bits per heavy atom. The molecule has 0 bridgehead atoms. The first-order chi connectivity index (χ1) is 9.17. The van der Waals surface area contributed by atoms with E-state index in [0.29, 0.717) is 5.69 Å². The minimum Gasteiger partial charge on any atom is -0.393 e. The summed E-state index contributed by atoms with van der Waals surface area (Å²) in [4.78, 5) is 15.5. The van der Waals surface area contributed by atoms with Gasteiger partial charge in [0.1, 0.15) is 12.0 Å². The van der Waals surface area contributed by atoms with Gasteiger partial charge in [-0.05, 0) is 20.9 Å². The Bertz CT molecular complexity index is 410. The molecule has 0 radical (unpaired) electrons. The highest BCUT2D eigenvalue weighted by Crippen LogP contribution is 2.29. The van der Waals surface area contributed by atoms with Crippen LogP contribution in [0.2, 0.25) is 0 Å². The molecule has 0 saturated carbocycles. The summed E-state index contributed by atoms with van der Waals surface area (Å²) in [6.07, 6.45) is 1.62. The van der Waals surface area contributed by atoms with Crippen LogP contribution in [-0.4, -0.2) is 61.2 Å². The quantitative estimate of drug-likeness (QED) is 0.862. The standard InChI is InChI=1S/C13H24N6/c1-4-18(5-2)12-11(14)13(16-10-15-12)19-8-6-17(3)7-9-19/h10H,4-9,14H2,1-3H3. The number of nitrogens with zero attached hydrogens (tertiary/aromatic N) is 5. The fraction of sp³-hybridized carbons (Fsp3) is 0.692. The van der Waals surface area contributed by atoms with E-state index in [1.54, 1.807) is 6.33 Å². The van der Waals surface area contributed by atoms with E-state index in [2.05, 4.69) is 45.6 Å². The van der Waals surface area contributed by atoms with Crippen molar-refractivity contribution in [2.24, 2.45) is 0 Å². The molecule has 6 nitrogen and oxygen atoms in total. The number of anilines is 3. The van der Waals surface area contributed by atoms with Crippen molar-refractivity contribution in [1.82, 2.24) is 14.9 Å². The summed E-state index contributed by atoms with van der Waals surface area (Å²) in [7, 11) is 2.14. The van der Waals surface area contributed by atoms with Gasteiger partial charge in [0, 0.05) is 39.3 Å². The van der Waals surface area contributed by atoms with Crippen molar-refractivity contribution in [3.8, 4) is 0 Å². The number of nitrogens with two attached hydrogens (primary N) is 1. The van der Waals surface area contributed by atoms with Crippen LogP contribution in [0.5, 0.6) is 0 Å². The largest absolute Gasteiger partial charge is 0.393 e. The lowest BCUT2D eigenvalue weighted by Gasteiger charge is -2.34. The Kier molecular flexibility index (Phi) is 4.42. The summed E-state index contributed by atoms with van der Waals surface area (Å²) >= 11 is 0. The lowest BCUT2D eigenvalue weighted by molar-refractivity contribution is 0.312. The zero-order valence-corrected chi connectivity index (χ0v) is 12.1. The molecule has 1 aliphatic heterocycles. The first-order valence-electron chi connectivity index (χ1n) is 6.96. The van der Waals surface area contributed by atoms with Crippen LogP contribution in [0.3, 0.4) is 0 Å². The third kappa shape index (κ3) is 2.89. The molecule has 0 atom stereocenters. The molecule has 0 unspecified atom stereocenters. The van der Waals surface area contributed by atoms with Crippen LogP contribution in [-0.2, 0) is 0 Å². The van der Waals surface area contributed by atoms with E-state index in [0.717, 1.165) is 50.9 Å². The van der Waals surface area contributed by atoms with Gasteiger partial charge in [-0.1, -0.05) is 0 Å². The molecular formula is C13H24N6. The molecule has 1 aromatic rings. The Morgan fingerprint density at radius 3 is 2.37 bits per heavy atom. The van der Waals surface area contributed by atoms with Gasteiger partial charge < -0.3 is 20.4 Å². The molecular weight excluding hydrogens is 240 g/mol. The van der Waals surface area contributed by atoms with Crippen molar-refractivity contribution in [2.75, 3.05) is 61.8 Å². The zero-order chi connectivity index (χ0) is 13.8. The van der Waals surface area contributed by atoms with Gasteiger partial charge in [-0.15, -0.1) is 0 Å². The third-order valence-electron chi connectivity index (χ3n) is 3.71. The van der Waals surface area contributed by atoms with Gasteiger partial charge in [0.25, 0.3) is 0 Å². The predicted octanol–water partition coefficient (Wildman–Crippen LogP) is 0.657. The van der Waals surface area contributed by atoms with Crippen LogP contribution in [0.1, 0.15) is 13.8 Å². The molecule has 1 fully saturated rings. The highest BCUT2D eigenvalue weighted by Gasteiger charge is 2.20. The minimum absolute atomic E-state index is 0.704. The number of aromatic nitrogens is 2. The van der Waals surface area contributed by atoms with Gasteiger partial charge in [-0.3, -0.25) is 0 Å². The molecule has 2 heterocycles. The average Bonchev–Trinajstić information content (AvgIpc) is 2.43. The van der Waals surface area contributed by atoms with Crippen molar-refractivity contribution in [3.05, 3.63) is 6.33 Å². The first-order valence-corrected chi connectivity index (χ1v) is 6.96. The van der Waals surface area contributed by atoms with Crippen molar-refractivity contribution >= 4 is 17.3 Å². The van der Waals surface area contributed by atoms with Crippen LogP contribution in [0.15, 0.2) is 6.33 Å². The Hall–Kier alpha value is -1.56. The van der Waals surface area contributed by atoms with E-state index in [1.165, 1.54) is 0 Å². The van der Waals surface area contributed by atoms with Crippen LogP contribution >= 0.6 is 0 Å². The second-order valence-electron chi connectivity index (χ2n) is 4.90. The van der Waals surface area contributed by atoms with Crippen molar-refractivity contribution in [1.29, 1.82) is 0 Å². The second-order valence-corrected chi connectivity index (χ2v) is 4.90. The van der Waals surface area contributed by atoms with E-state index >= 15 is 0 Å². The minimum atomic E-state index is 0.704. The molecule has 1 saturated heterocycles. The molecule has 2 rings (SSSR count). The van der Waals surface area contributed by atoms with Crippen molar-refractivity contribution in [2.45, 2.75) is 13.8 Å². The summed E-state index contributed by atoms with van der Waals surface area (Å²) < 4.78 is 0. The molecule has 1 aromatic heterocycles. The van der Waals surface area contributed by atoms with Crippen molar-refractivity contribution in [3.63, 3.8) is 0 Å². The Labute approximate surface area is 115 Å². The number of piperazine rings is 1. The van der Waals surface area contributed by atoms with E-state index in [-0.39, 0.29) is 0 Å². The molecule has 2 N–H and O–H groups in total. The molecule has 0 aliphatic carbocycles.